The van der Waals surface area contributed by atoms with Crippen LogP contribution in [-0.4, -0.2) is 55.2 Å². The monoisotopic (exact) mass is 399 g/mol. The molecule has 3 rings (SSSR count). The minimum atomic E-state index is -0.622. The molecule has 0 amide bonds. The summed E-state index contributed by atoms with van der Waals surface area (Å²) in [6, 6.07) is 16.4. The lowest BCUT2D eigenvalue weighted by molar-refractivity contribution is 0.00187. The molecule has 2 unspecified atom stereocenters. The maximum Gasteiger partial charge on any atom is 0.141 e. The number of hydrogen-bond donors (Lipinski definition) is 1. The van der Waals surface area contributed by atoms with Crippen molar-refractivity contribution in [3.63, 3.8) is 0 Å². The molecule has 1 fully saturated rings. The molecule has 1 N–H and O–H groups in total. The van der Waals surface area contributed by atoms with Gasteiger partial charge in [0.1, 0.15) is 36.0 Å². The molecular weight excluding hydrogens is 366 g/mol. The van der Waals surface area contributed by atoms with Crippen LogP contribution in [0.1, 0.15) is 38.8 Å². The Hall–Kier alpha value is -2.08. The zero-order chi connectivity index (χ0) is 21.2. The summed E-state index contributed by atoms with van der Waals surface area (Å²) in [5, 5.41) is 9.83. The van der Waals surface area contributed by atoms with Crippen LogP contribution >= 0.6 is 0 Å². The SMILES string of the molecule is CN(C)C(O)COc1ccc(C(C)(C)c2ccc(OC(C)(C)C3CO3)cc2)cc1. The Balaban J connectivity index is 1.66. The van der Waals surface area contributed by atoms with E-state index in [1.54, 1.807) is 4.90 Å². The van der Waals surface area contributed by atoms with Crippen molar-refractivity contribution in [2.45, 2.75) is 51.0 Å². The summed E-state index contributed by atoms with van der Waals surface area (Å²) < 4.78 is 17.2. The van der Waals surface area contributed by atoms with E-state index in [4.69, 9.17) is 14.2 Å². The van der Waals surface area contributed by atoms with Crippen molar-refractivity contribution in [1.82, 2.24) is 4.90 Å². The Morgan fingerprint density at radius 3 is 1.90 bits per heavy atom. The molecule has 2 atom stereocenters. The average Bonchev–Trinajstić information content (AvgIpc) is 3.52. The number of epoxide rings is 1. The molecule has 2 aromatic carbocycles. The molecule has 1 heterocycles. The summed E-state index contributed by atoms with van der Waals surface area (Å²) in [4.78, 5) is 1.71. The van der Waals surface area contributed by atoms with E-state index < -0.39 is 6.23 Å². The van der Waals surface area contributed by atoms with E-state index in [9.17, 15) is 5.11 Å². The molecule has 0 bridgehead atoms. The maximum absolute atomic E-state index is 9.83. The van der Waals surface area contributed by atoms with Gasteiger partial charge in [0.15, 0.2) is 0 Å². The smallest absolute Gasteiger partial charge is 0.141 e. The molecule has 0 saturated carbocycles. The highest BCUT2D eigenvalue weighted by molar-refractivity contribution is 5.42. The molecule has 5 heteroatoms. The van der Waals surface area contributed by atoms with Gasteiger partial charge in [-0.25, -0.2) is 0 Å². The third-order valence-electron chi connectivity index (χ3n) is 5.64. The van der Waals surface area contributed by atoms with E-state index in [0.717, 1.165) is 18.1 Å². The number of hydrogen-bond acceptors (Lipinski definition) is 5. The molecule has 1 aliphatic heterocycles. The molecule has 5 nitrogen and oxygen atoms in total. The largest absolute Gasteiger partial charge is 0.489 e. The zero-order valence-corrected chi connectivity index (χ0v) is 18.3. The van der Waals surface area contributed by atoms with Gasteiger partial charge in [-0.15, -0.1) is 0 Å². The van der Waals surface area contributed by atoms with E-state index in [-0.39, 0.29) is 23.7 Å². The fourth-order valence-electron chi connectivity index (χ4n) is 3.21. The number of likely N-dealkylation sites (N-methyl/N-ethyl adjacent to an activating group) is 1. The van der Waals surface area contributed by atoms with Crippen LogP contribution in [0.25, 0.3) is 0 Å². The van der Waals surface area contributed by atoms with Gasteiger partial charge >= 0.3 is 0 Å². The lowest BCUT2D eigenvalue weighted by atomic mass is 9.78. The zero-order valence-electron chi connectivity index (χ0n) is 18.3. The topological polar surface area (TPSA) is 54.5 Å². The summed E-state index contributed by atoms with van der Waals surface area (Å²) in [6.07, 6.45) is -0.443. The van der Waals surface area contributed by atoms with Gasteiger partial charge in [-0.1, -0.05) is 38.1 Å². The van der Waals surface area contributed by atoms with Gasteiger partial charge in [-0.3, -0.25) is 4.90 Å². The van der Waals surface area contributed by atoms with Crippen molar-refractivity contribution < 1.29 is 19.3 Å². The first-order valence-electron chi connectivity index (χ1n) is 10.1. The van der Waals surface area contributed by atoms with Crippen LogP contribution in [0.4, 0.5) is 0 Å². The number of benzene rings is 2. The normalized spacial score (nSPS) is 17.9. The fourth-order valence-corrected chi connectivity index (χ4v) is 3.21. The van der Waals surface area contributed by atoms with E-state index >= 15 is 0 Å². The van der Waals surface area contributed by atoms with Gasteiger partial charge in [0.2, 0.25) is 0 Å². The van der Waals surface area contributed by atoms with Crippen LogP contribution in [0.3, 0.4) is 0 Å². The molecule has 29 heavy (non-hydrogen) atoms. The lowest BCUT2D eigenvalue weighted by Crippen LogP contribution is -2.34. The van der Waals surface area contributed by atoms with Crippen molar-refractivity contribution in [3.8, 4) is 11.5 Å². The van der Waals surface area contributed by atoms with Crippen LogP contribution < -0.4 is 9.47 Å². The number of ether oxygens (including phenoxy) is 3. The van der Waals surface area contributed by atoms with E-state index in [1.807, 2.05) is 38.4 Å². The van der Waals surface area contributed by atoms with Crippen LogP contribution in [0, 0.1) is 0 Å². The third kappa shape index (κ3) is 5.30. The van der Waals surface area contributed by atoms with Gasteiger partial charge in [-0.2, -0.15) is 0 Å². The lowest BCUT2D eigenvalue weighted by Gasteiger charge is -2.28. The fraction of sp³-hybridized carbons (Fsp3) is 0.500. The Morgan fingerprint density at radius 1 is 0.966 bits per heavy atom. The molecule has 0 radical (unpaired) electrons. The first-order chi connectivity index (χ1) is 13.6. The Kier molecular flexibility index (Phi) is 6.22. The average molecular weight is 400 g/mol. The summed E-state index contributed by atoms with van der Waals surface area (Å²) in [7, 11) is 3.63. The summed E-state index contributed by atoms with van der Waals surface area (Å²) in [6.45, 7) is 9.53. The molecule has 0 aromatic heterocycles. The highest BCUT2D eigenvalue weighted by Gasteiger charge is 2.41. The van der Waals surface area contributed by atoms with Crippen LogP contribution in [-0.2, 0) is 10.2 Å². The molecule has 0 spiro atoms. The molecular formula is C24H33NO4. The Morgan fingerprint density at radius 2 is 1.45 bits per heavy atom. The van der Waals surface area contributed by atoms with Crippen molar-refractivity contribution in [2.24, 2.45) is 0 Å². The second-order valence-corrected chi connectivity index (χ2v) is 8.96. The number of nitrogens with zero attached hydrogens (tertiary/aromatic N) is 1. The molecule has 0 aliphatic carbocycles. The quantitative estimate of drug-likeness (QED) is 0.513. The Bertz CT molecular complexity index is 793. The Labute approximate surface area is 174 Å². The van der Waals surface area contributed by atoms with Gasteiger partial charge in [-0.05, 0) is 63.3 Å². The maximum atomic E-state index is 9.83. The molecule has 2 aromatic rings. The molecule has 1 saturated heterocycles. The van der Waals surface area contributed by atoms with Gasteiger partial charge in [0.25, 0.3) is 0 Å². The predicted molar refractivity (Wildman–Crippen MR) is 115 cm³/mol. The van der Waals surface area contributed by atoms with Crippen LogP contribution in [0.5, 0.6) is 11.5 Å². The summed E-state index contributed by atoms with van der Waals surface area (Å²) in [5.74, 6) is 1.60. The minimum Gasteiger partial charge on any atom is -0.489 e. The first kappa shape index (κ1) is 21.6. The standard InChI is InChI=1S/C24H33NO4/c1-23(2,17-7-11-19(12-8-17)27-16-22(26)25(5)6)18-9-13-20(14-10-18)29-24(3,4)21-15-28-21/h7-14,21-22,26H,15-16H2,1-6H3. The van der Waals surface area contributed by atoms with E-state index in [2.05, 4.69) is 52.0 Å². The van der Waals surface area contributed by atoms with Crippen molar-refractivity contribution in [1.29, 1.82) is 0 Å². The second kappa shape index (κ2) is 8.34. The number of aliphatic hydroxyl groups excluding tert-OH is 1. The highest BCUT2D eigenvalue weighted by atomic mass is 16.6. The van der Waals surface area contributed by atoms with Gasteiger partial charge in [0, 0.05) is 5.41 Å². The molecule has 1 aliphatic rings. The van der Waals surface area contributed by atoms with Crippen molar-refractivity contribution in [2.75, 3.05) is 27.3 Å². The van der Waals surface area contributed by atoms with Crippen molar-refractivity contribution in [3.05, 3.63) is 59.7 Å². The number of rotatable bonds is 9. The van der Waals surface area contributed by atoms with E-state index in [1.165, 1.54) is 11.1 Å². The van der Waals surface area contributed by atoms with Crippen LogP contribution in [0.2, 0.25) is 0 Å². The van der Waals surface area contributed by atoms with Gasteiger partial charge in [0.05, 0.1) is 6.61 Å². The van der Waals surface area contributed by atoms with Gasteiger partial charge < -0.3 is 19.3 Å². The molecule has 158 valence electrons. The summed E-state index contributed by atoms with van der Waals surface area (Å²) in [5.41, 5.74) is 1.93. The second-order valence-electron chi connectivity index (χ2n) is 8.96. The minimum absolute atomic E-state index is 0.157. The van der Waals surface area contributed by atoms with E-state index in [0.29, 0.717) is 0 Å². The number of aliphatic hydroxyl groups is 1. The van der Waals surface area contributed by atoms with Crippen molar-refractivity contribution >= 4 is 0 Å². The first-order valence-corrected chi connectivity index (χ1v) is 10.1. The van der Waals surface area contributed by atoms with Crippen LogP contribution in [0.15, 0.2) is 48.5 Å². The summed E-state index contributed by atoms with van der Waals surface area (Å²) >= 11 is 0. The third-order valence-corrected chi connectivity index (χ3v) is 5.64. The predicted octanol–water partition coefficient (Wildman–Crippen LogP) is 3.83. The highest BCUT2D eigenvalue weighted by Crippen LogP contribution is 2.35.